The summed E-state index contributed by atoms with van der Waals surface area (Å²) in [4.78, 5) is 38.1. The number of amides is 2. The monoisotopic (exact) mass is 443 g/mol. The molecule has 164 valence electrons. The molecular weight excluding hydrogens is 418 g/mol. The first-order chi connectivity index (χ1) is 14.8. The van der Waals surface area contributed by atoms with Gasteiger partial charge in [-0.25, -0.2) is 4.79 Å². The Morgan fingerprint density at radius 3 is 2.71 bits per heavy atom. The van der Waals surface area contributed by atoms with Gasteiger partial charge in [-0.3, -0.25) is 14.7 Å². The molecule has 0 aliphatic carbocycles. The van der Waals surface area contributed by atoms with E-state index in [4.69, 9.17) is 5.73 Å². The fourth-order valence-electron chi connectivity index (χ4n) is 3.15. The minimum absolute atomic E-state index is 0.00711. The third-order valence-corrected chi connectivity index (χ3v) is 6.00. The van der Waals surface area contributed by atoms with Crippen LogP contribution in [0, 0.1) is 0 Å². The lowest BCUT2D eigenvalue weighted by atomic mass is 10.0. The summed E-state index contributed by atoms with van der Waals surface area (Å²) in [5, 5.41) is 13.4. The van der Waals surface area contributed by atoms with E-state index in [0.29, 0.717) is 16.3 Å². The summed E-state index contributed by atoms with van der Waals surface area (Å²) in [5.74, 6) is -1.36. The van der Waals surface area contributed by atoms with Crippen molar-refractivity contribution in [3.8, 4) is 0 Å². The van der Waals surface area contributed by atoms with E-state index in [2.05, 4.69) is 25.6 Å². The Hall–Kier alpha value is -3.24. The van der Waals surface area contributed by atoms with Gasteiger partial charge in [0.1, 0.15) is 6.04 Å². The second-order valence-corrected chi connectivity index (χ2v) is 8.32. The molecule has 3 aromatic rings. The first-order valence-electron chi connectivity index (χ1n) is 9.77. The predicted octanol–water partition coefficient (Wildman–Crippen LogP) is 1.91. The molecule has 0 saturated heterocycles. The van der Waals surface area contributed by atoms with Gasteiger partial charge in [-0.1, -0.05) is 26.0 Å². The minimum Gasteiger partial charge on any atom is -0.467 e. The highest BCUT2D eigenvalue weighted by molar-refractivity contribution is 7.16. The van der Waals surface area contributed by atoms with Crippen molar-refractivity contribution in [2.45, 2.75) is 32.4 Å². The molecule has 2 heterocycles. The fraction of sp³-hybridized carbons (Fsp3) is 0.333. The van der Waals surface area contributed by atoms with Gasteiger partial charge in [0.05, 0.1) is 28.6 Å². The van der Waals surface area contributed by atoms with E-state index in [0.717, 1.165) is 33.4 Å². The lowest BCUT2D eigenvalue weighted by molar-refractivity contribution is -0.142. The molecule has 10 heteroatoms. The van der Waals surface area contributed by atoms with E-state index in [9.17, 15) is 14.4 Å². The number of rotatable bonds is 8. The van der Waals surface area contributed by atoms with E-state index >= 15 is 0 Å². The van der Waals surface area contributed by atoms with Crippen LogP contribution in [0.3, 0.4) is 0 Å². The largest absolute Gasteiger partial charge is 0.467 e. The molecule has 1 unspecified atom stereocenters. The Morgan fingerprint density at radius 1 is 1.26 bits per heavy atom. The summed E-state index contributed by atoms with van der Waals surface area (Å²) >= 11 is 1.08. The van der Waals surface area contributed by atoms with Crippen molar-refractivity contribution in [2.24, 2.45) is 5.73 Å². The highest BCUT2D eigenvalue weighted by Gasteiger charge is 2.26. The molecular formula is C21H25N5O4S. The molecule has 5 N–H and O–H groups in total. The number of ether oxygens (including phenoxy) is 1. The van der Waals surface area contributed by atoms with Gasteiger partial charge >= 0.3 is 5.97 Å². The quantitative estimate of drug-likeness (QED) is 0.392. The SMILES string of the molecule is COC(=O)C(CN)NC(=O)c1sc(C(=O)NCc2cccc3[nH]ncc23)cc1C(C)C. The normalized spacial score (nSPS) is 12.0. The topological polar surface area (TPSA) is 139 Å². The number of thiophene rings is 1. The number of nitrogens with zero attached hydrogens (tertiary/aromatic N) is 1. The first-order valence-corrected chi connectivity index (χ1v) is 10.6. The fourth-order valence-corrected chi connectivity index (χ4v) is 4.28. The molecule has 2 aromatic heterocycles. The molecule has 1 atom stereocenters. The average Bonchev–Trinajstić information content (AvgIpc) is 3.42. The van der Waals surface area contributed by atoms with Crippen LogP contribution >= 0.6 is 11.3 Å². The van der Waals surface area contributed by atoms with Crippen molar-refractivity contribution >= 4 is 40.0 Å². The number of fused-ring (bicyclic) bond motifs is 1. The van der Waals surface area contributed by atoms with Gasteiger partial charge in [0, 0.05) is 18.5 Å². The Balaban J connectivity index is 1.77. The summed E-state index contributed by atoms with van der Waals surface area (Å²) in [7, 11) is 1.23. The highest BCUT2D eigenvalue weighted by Crippen LogP contribution is 2.29. The zero-order valence-corrected chi connectivity index (χ0v) is 18.3. The number of H-pyrrole nitrogens is 1. The molecule has 0 aliphatic rings. The van der Waals surface area contributed by atoms with E-state index in [1.54, 1.807) is 12.3 Å². The summed E-state index contributed by atoms with van der Waals surface area (Å²) < 4.78 is 4.66. The van der Waals surface area contributed by atoms with Gasteiger partial charge in [0.15, 0.2) is 0 Å². The number of carbonyl (C=O) groups excluding carboxylic acids is 3. The second kappa shape index (κ2) is 9.71. The number of esters is 1. The third-order valence-electron chi connectivity index (χ3n) is 4.85. The van der Waals surface area contributed by atoms with Gasteiger partial charge in [-0.05, 0) is 29.2 Å². The Bertz CT molecular complexity index is 1100. The van der Waals surface area contributed by atoms with E-state index < -0.39 is 17.9 Å². The standard InChI is InChI=1S/C21H25N5O4S/c1-11(2)13-7-17(31-18(13)20(28)25-16(8-22)21(29)30-3)19(27)23-9-12-5-4-6-15-14(12)10-24-26-15/h4-7,10-11,16H,8-9,22H2,1-3H3,(H,23,27)(H,24,26)(H,25,28). The second-order valence-electron chi connectivity index (χ2n) is 7.27. The molecule has 9 nitrogen and oxygen atoms in total. The lowest BCUT2D eigenvalue weighted by Crippen LogP contribution is -2.46. The van der Waals surface area contributed by atoms with Crippen LogP contribution in [0.25, 0.3) is 10.9 Å². The number of hydrogen-bond acceptors (Lipinski definition) is 7. The smallest absolute Gasteiger partial charge is 0.329 e. The van der Waals surface area contributed by atoms with Gasteiger partial charge in [-0.2, -0.15) is 5.10 Å². The zero-order valence-electron chi connectivity index (χ0n) is 17.5. The number of nitrogens with one attached hydrogen (secondary N) is 3. The summed E-state index contributed by atoms with van der Waals surface area (Å²) in [5.41, 5.74) is 8.12. The number of benzene rings is 1. The van der Waals surface area contributed by atoms with E-state index in [-0.39, 0.29) is 18.4 Å². The third kappa shape index (κ3) is 4.92. The molecule has 31 heavy (non-hydrogen) atoms. The Morgan fingerprint density at radius 2 is 2.03 bits per heavy atom. The van der Waals surface area contributed by atoms with Crippen molar-refractivity contribution in [1.29, 1.82) is 0 Å². The molecule has 2 amide bonds. The molecule has 0 fully saturated rings. The Kier molecular flexibility index (Phi) is 7.03. The minimum atomic E-state index is -0.952. The van der Waals surface area contributed by atoms with Crippen LogP contribution in [0.15, 0.2) is 30.5 Å². The maximum absolute atomic E-state index is 12.8. The van der Waals surface area contributed by atoms with Gasteiger partial charge < -0.3 is 21.1 Å². The van der Waals surface area contributed by atoms with Gasteiger partial charge in [-0.15, -0.1) is 11.3 Å². The van der Waals surface area contributed by atoms with Crippen LogP contribution in [0.2, 0.25) is 0 Å². The Labute approximate surface area is 183 Å². The van der Waals surface area contributed by atoms with E-state index in [1.807, 2.05) is 32.0 Å². The predicted molar refractivity (Wildman–Crippen MR) is 118 cm³/mol. The summed E-state index contributed by atoms with van der Waals surface area (Å²) in [6.45, 7) is 4.10. The van der Waals surface area contributed by atoms with Crippen LogP contribution in [0.4, 0.5) is 0 Å². The number of methoxy groups -OCH3 is 1. The van der Waals surface area contributed by atoms with Crippen molar-refractivity contribution in [2.75, 3.05) is 13.7 Å². The summed E-state index contributed by atoms with van der Waals surface area (Å²) in [6, 6.07) is 6.49. The van der Waals surface area contributed by atoms with Crippen LogP contribution < -0.4 is 16.4 Å². The van der Waals surface area contributed by atoms with Crippen LogP contribution in [-0.4, -0.2) is 47.7 Å². The van der Waals surface area contributed by atoms with Gasteiger partial charge in [0.25, 0.3) is 11.8 Å². The summed E-state index contributed by atoms with van der Waals surface area (Å²) in [6.07, 6.45) is 1.72. The number of carbonyl (C=O) groups is 3. The van der Waals surface area contributed by atoms with E-state index in [1.165, 1.54) is 7.11 Å². The van der Waals surface area contributed by atoms with Crippen LogP contribution in [0.5, 0.6) is 0 Å². The molecule has 0 spiro atoms. The molecule has 1 aromatic carbocycles. The molecule has 0 saturated carbocycles. The van der Waals surface area contributed by atoms with Crippen molar-refractivity contribution in [3.63, 3.8) is 0 Å². The molecule has 0 aliphatic heterocycles. The maximum atomic E-state index is 12.8. The van der Waals surface area contributed by atoms with Crippen molar-refractivity contribution < 1.29 is 19.1 Å². The van der Waals surface area contributed by atoms with Crippen LogP contribution in [-0.2, 0) is 16.1 Å². The van der Waals surface area contributed by atoms with Crippen molar-refractivity contribution in [3.05, 3.63) is 51.3 Å². The molecule has 0 bridgehead atoms. The van der Waals surface area contributed by atoms with Gasteiger partial charge in [0.2, 0.25) is 0 Å². The lowest BCUT2D eigenvalue weighted by Gasteiger charge is -2.15. The molecule has 0 radical (unpaired) electrons. The van der Waals surface area contributed by atoms with Crippen LogP contribution in [0.1, 0.15) is 50.2 Å². The molecule has 3 rings (SSSR count). The maximum Gasteiger partial charge on any atom is 0.329 e. The highest BCUT2D eigenvalue weighted by atomic mass is 32.1. The number of hydrogen-bond donors (Lipinski definition) is 4. The first kappa shape index (κ1) is 22.4. The number of aromatic amines is 1. The van der Waals surface area contributed by atoms with Crippen molar-refractivity contribution in [1.82, 2.24) is 20.8 Å². The zero-order chi connectivity index (χ0) is 22.5. The average molecular weight is 444 g/mol. The number of aromatic nitrogens is 2. The number of nitrogens with two attached hydrogens (primary N) is 1.